The first-order chi connectivity index (χ1) is 8.28. The second kappa shape index (κ2) is 6.31. The fraction of sp³-hybridized carbons (Fsp3) is 0.417. The van der Waals surface area contributed by atoms with Gasteiger partial charge in [0.05, 0.1) is 12.3 Å². The van der Waals surface area contributed by atoms with Crippen molar-refractivity contribution in [1.29, 1.82) is 0 Å². The number of nitrogens with zero attached hydrogens (tertiary/aromatic N) is 1. The zero-order valence-corrected chi connectivity index (χ0v) is 12.0. The molecule has 0 bridgehead atoms. The Labute approximate surface area is 112 Å². The van der Waals surface area contributed by atoms with Crippen LogP contribution in [0.3, 0.4) is 0 Å². The van der Waals surface area contributed by atoms with Crippen molar-refractivity contribution in [3.63, 3.8) is 0 Å². The Kier molecular flexibility index (Phi) is 5.31. The van der Waals surface area contributed by atoms with Gasteiger partial charge in [0, 0.05) is 23.4 Å². The molecule has 100 valence electrons. The summed E-state index contributed by atoms with van der Waals surface area (Å²) in [6, 6.07) is 6.64. The number of halogens is 1. The van der Waals surface area contributed by atoms with E-state index in [0.717, 1.165) is 0 Å². The van der Waals surface area contributed by atoms with E-state index in [9.17, 15) is 13.2 Å². The Morgan fingerprint density at radius 3 is 2.33 bits per heavy atom. The van der Waals surface area contributed by atoms with Crippen molar-refractivity contribution < 1.29 is 13.2 Å². The number of carbonyl (C=O) groups is 1. The molecule has 0 aliphatic rings. The molecule has 0 radical (unpaired) electrons. The van der Waals surface area contributed by atoms with E-state index >= 15 is 0 Å². The molecule has 6 heteroatoms. The predicted molar refractivity (Wildman–Crippen MR) is 73.0 cm³/mol. The summed E-state index contributed by atoms with van der Waals surface area (Å²) in [5.74, 6) is -0.000111. The van der Waals surface area contributed by atoms with Gasteiger partial charge in [-0.15, -0.1) is 0 Å². The smallest absolute Gasteiger partial charge is 0.176 e. The van der Waals surface area contributed by atoms with Gasteiger partial charge in [0.15, 0.2) is 5.78 Å². The van der Waals surface area contributed by atoms with Gasteiger partial charge in [0.1, 0.15) is 9.84 Å². The lowest BCUT2D eigenvalue weighted by Crippen LogP contribution is -2.30. The van der Waals surface area contributed by atoms with Crippen LogP contribution in [-0.4, -0.2) is 51.2 Å². The molecule has 0 amide bonds. The van der Waals surface area contributed by atoms with E-state index in [1.807, 2.05) is 0 Å². The molecule has 0 fully saturated rings. The summed E-state index contributed by atoms with van der Waals surface area (Å²) in [7, 11) is -1.27. The predicted octanol–water partition coefficient (Wildman–Crippen LogP) is 1.50. The molecule has 1 aromatic carbocycles. The summed E-state index contributed by atoms with van der Waals surface area (Å²) in [6.45, 7) is 0.537. The van der Waals surface area contributed by atoms with E-state index in [0.29, 0.717) is 17.1 Å². The van der Waals surface area contributed by atoms with Crippen LogP contribution in [0.2, 0.25) is 5.02 Å². The molecule has 0 heterocycles. The quantitative estimate of drug-likeness (QED) is 0.745. The van der Waals surface area contributed by atoms with E-state index < -0.39 is 9.84 Å². The monoisotopic (exact) mass is 289 g/mol. The Morgan fingerprint density at radius 2 is 1.83 bits per heavy atom. The van der Waals surface area contributed by atoms with Crippen LogP contribution in [0.5, 0.6) is 0 Å². The van der Waals surface area contributed by atoms with Gasteiger partial charge >= 0.3 is 0 Å². The standard InChI is InChI=1S/C12H16ClNO3S/c1-14(7-8-18(2,16)17)9-12(15)10-3-5-11(13)6-4-10/h3-6H,7-9H2,1-2H3. The molecule has 0 atom stereocenters. The number of ketones is 1. The van der Waals surface area contributed by atoms with Crippen molar-refractivity contribution in [1.82, 2.24) is 4.90 Å². The van der Waals surface area contributed by atoms with E-state index in [2.05, 4.69) is 0 Å². The summed E-state index contributed by atoms with van der Waals surface area (Å²) in [6.07, 6.45) is 1.18. The number of Topliss-reactive ketones (excluding diaryl/α,β-unsaturated/α-hetero) is 1. The molecule has 0 saturated heterocycles. The van der Waals surface area contributed by atoms with Crippen molar-refractivity contribution in [3.05, 3.63) is 34.9 Å². The van der Waals surface area contributed by atoms with Crippen LogP contribution in [0.15, 0.2) is 24.3 Å². The van der Waals surface area contributed by atoms with Crippen molar-refractivity contribution >= 4 is 27.2 Å². The first-order valence-electron chi connectivity index (χ1n) is 5.43. The van der Waals surface area contributed by atoms with Gasteiger partial charge < -0.3 is 0 Å². The topological polar surface area (TPSA) is 54.5 Å². The van der Waals surface area contributed by atoms with Crippen LogP contribution in [-0.2, 0) is 9.84 Å². The maximum atomic E-state index is 11.9. The van der Waals surface area contributed by atoms with Crippen LogP contribution < -0.4 is 0 Å². The van der Waals surface area contributed by atoms with Crippen molar-refractivity contribution in [2.45, 2.75) is 0 Å². The lowest BCUT2D eigenvalue weighted by molar-refractivity contribution is 0.0949. The molecule has 0 saturated carbocycles. The van der Waals surface area contributed by atoms with Crippen LogP contribution >= 0.6 is 11.6 Å². The van der Waals surface area contributed by atoms with E-state index in [1.54, 1.807) is 36.2 Å². The summed E-state index contributed by atoms with van der Waals surface area (Å²) in [5.41, 5.74) is 0.575. The van der Waals surface area contributed by atoms with Crippen LogP contribution in [0.1, 0.15) is 10.4 Å². The Morgan fingerprint density at radius 1 is 1.28 bits per heavy atom. The van der Waals surface area contributed by atoms with Crippen LogP contribution in [0.25, 0.3) is 0 Å². The first kappa shape index (κ1) is 15.1. The molecule has 0 spiro atoms. The van der Waals surface area contributed by atoms with Gasteiger partial charge in [-0.25, -0.2) is 8.42 Å². The molecular formula is C12H16ClNO3S. The highest BCUT2D eigenvalue weighted by Crippen LogP contribution is 2.10. The van der Waals surface area contributed by atoms with Gasteiger partial charge in [0.25, 0.3) is 0 Å². The lowest BCUT2D eigenvalue weighted by atomic mass is 10.1. The number of hydrogen-bond donors (Lipinski definition) is 0. The normalized spacial score (nSPS) is 11.8. The molecule has 0 aliphatic heterocycles. The Bertz CT molecular complexity index is 511. The van der Waals surface area contributed by atoms with Gasteiger partial charge in [0.2, 0.25) is 0 Å². The zero-order valence-electron chi connectivity index (χ0n) is 10.4. The summed E-state index contributed by atoms with van der Waals surface area (Å²) in [5, 5.41) is 0.581. The van der Waals surface area contributed by atoms with E-state index in [4.69, 9.17) is 11.6 Å². The fourth-order valence-electron chi connectivity index (χ4n) is 1.37. The maximum Gasteiger partial charge on any atom is 0.176 e. The molecule has 0 unspecified atom stereocenters. The lowest BCUT2D eigenvalue weighted by Gasteiger charge is -2.14. The van der Waals surface area contributed by atoms with Gasteiger partial charge in [-0.2, -0.15) is 0 Å². The summed E-state index contributed by atoms with van der Waals surface area (Å²) in [4.78, 5) is 13.5. The van der Waals surface area contributed by atoms with Gasteiger partial charge in [-0.3, -0.25) is 9.69 Å². The highest BCUT2D eigenvalue weighted by atomic mass is 35.5. The minimum atomic E-state index is -3.00. The third kappa shape index (κ3) is 5.62. The van der Waals surface area contributed by atoms with Crippen molar-refractivity contribution in [2.75, 3.05) is 32.1 Å². The number of benzene rings is 1. The number of carbonyl (C=O) groups excluding carboxylic acids is 1. The van der Waals surface area contributed by atoms with Crippen molar-refractivity contribution in [3.8, 4) is 0 Å². The third-order valence-electron chi connectivity index (χ3n) is 2.42. The summed E-state index contributed by atoms with van der Waals surface area (Å²) >= 11 is 5.73. The minimum Gasteiger partial charge on any atom is -0.298 e. The molecule has 1 rings (SSSR count). The molecular weight excluding hydrogens is 274 g/mol. The number of sulfone groups is 1. The molecule has 0 aromatic heterocycles. The molecule has 4 nitrogen and oxygen atoms in total. The third-order valence-corrected chi connectivity index (χ3v) is 3.60. The number of rotatable bonds is 6. The Hall–Kier alpha value is -0.910. The highest BCUT2D eigenvalue weighted by molar-refractivity contribution is 7.90. The zero-order chi connectivity index (χ0) is 13.8. The minimum absolute atomic E-state index is 0.0530. The summed E-state index contributed by atoms with van der Waals surface area (Å²) < 4.78 is 22.0. The fourth-order valence-corrected chi connectivity index (χ4v) is 2.14. The second-order valence-electron chi connectivity index (χ2n) is 4.30. The van der Waals surface area contributed by atoms with E-state index in [1.165, 1.54) is 6.26 Å². The first-order valence-corrected chi connectivity index (χ1v) is 7.87. The molecule has 0 aliphatic carbocycles. The van der Waals surface area contributed by atoms with Crippen LogP contribution in [0.4, 0.5) is 0 Å². The largest absolute Gasteiger partial charge is 0.298 e. The average molecular weight is 290 g/mol. The average Bonchev–Trinajstić information content (AvgIpc) is 2.26. The van der Waals surface area contributed by atoms with Crippen molar-refractivity contribution in [2.24, 2.45) is 0 Å². The van der Waals surface area contributed by atoms with Gasteiger partial charge in [-0.1, -0.05) is 11.6 Å². The molecule has 18 heavy (non-hydrogen) atoms. The SMILES string of the molecule is CN(CCS(C)(=O)=O)CC(=O)c1ccc(Cl)cc1. The second-order valence-corrected chi connectivity index (χ2v) is 6.99. The Balaban J connectivity index is 2.52. The maximum absolute atomic E-state index is 11.9. The highest BCUT2D eigenvalue weighted by Gasteiger charge is 2.11. The molecule has 1 aromatic rings. The van der Waals surface area contributed by atoms with Gasteiger partial charge in [-0.05, 0) is 31.3 Å². The van der Waals surface area contributed by atoms with E-state index in [-0.39, 0.29) is 18.1 Å². The molecule has 0 N–H and O–H groups in total. The number of likely N-dealkylation sites (N-methyl/N-ethyl adjacent to an activating group) is 1. The number of hydrogen-bond acceptors (Lipinski definition) is 4. The van der Waals surface area contributed by atoms with Crippen LogP contribution in [0, 0.1) is 0 Å².